The molecular weight excluding hydrogens is 226 g/mol. The molecule has 1 aromatic heterocycles. The molecule has 0 unspecified atom stereocenters. The summed E-state index contributed by atoms with van der Waals surface area (Å²) in [6.45, 7) is 3.63. The second-order valence-corrected chi connectivity index (χ2v) is 4.14. The van der Waals surface area contributed by atoms with Crippen molar-refractivity contribution in [3.63, 3.8) is 0 Å². The molecule has 1 aromatic carbocycles. The van der Waals surface area contributed by atoms with E-state index in [0.29, 0.717) is 0 Å². The highest BCUT2D eigenvalue weighted by Gasteiger charge is 2.05. The van der Waals surface area contributed by atoms with Crippen LogP contribution in [0.25, 0.3) is 11.1 Å². The van der Waals surface area contributed by atoms with Crippen LogP contribution in [0.15, 0.2) is 42.6 Å². The number of aromatic nitrogens is 1. The minimum absolute atomic E-state index is 0.218. The molecule has 0 aliphatic carbocycles. The number of hydrogen-bond acceptors (Lipinski definition) is 3. The van der Waals surface area contributed by atoms with Crippen molar-refractivity contribution in [1.82, 2.24) is 4.98 Å². The van der Waals surface area contributed by atoms with E-state index in [1.165, 1.54) is 6.92 Å². The zero-order valence-electron chi connectivity index (χ0n) is 10.5. The second kappa shape index (κ2) is 5.45. The topological polar surface area (TPSA) is 39.2 Å². The molecule has 92 valence electrons. The summed E-state index contributed by atoms with van der Waals surface area (Å²) >= 11 is 0. The van der Waals surface area contributed by atoms with E-state index in [1.807, 2.05) is 31.2 Å². The predicted molar refractivity (Wildman–Crippen MR) is 69.9 cm³/mol. The summed E-state index contributed by atoms with van der Waals surface area (Å²) < 4.78 is 4.96. The summed E-state index contributed by atoms with van der Waals surface area (Å²) in [5.74, 6) is -0.293. The van der Waals surface area contributed by atoms with E-state index >= 15 is 0 Å². The van der Waals surface area contributed by atoms with E-state index in [9.17, 15) is 4.79 Å². The molecular formula is C15H15NO2. The van der Waals surface area contributed by atoms with Crippen LogP contribution in [-0.2, 0) is 16.1 Å². The molecule has 2 rings (SSSR count). The van der Waals surface area contributed by atoms with Gasteiger partial charge in [-0.05, 0) is 29.7 Å². The number of carbonyl (C=O) groups is 1. The van der Waals surface area contributed by atoms with Crippen LogP contribution < -0.4 is 0 Å². The Kier molecular flexibility index (Phi) is 3.72. The molecule has 0 radical (unpaired) electrons. The Hall–Kier alpha value is -2.16. The fraction of sp³-hybridized carbons (Fsp3) is 0.200. The smallest absolute Gasteiger partial charge is 0.303 e. The van der Waals surface area contributed by atoms with Crippen LogP contribution in [0.4, 0.5) is 0 Å². The Morgan fingerprint density at radius 2 is 2.00 bits per heavy atom. The number of carbonyl (C=O) groups excluding carboxylic acids is 1. The van der Waals surface area contributed by atoms with Crippen molar-refractivity contribution in [2.24, 2.45) is 0 Å². The number of aryl methyl sites for hydroxylation is 1. The molecule has 0 bridgehead atoms. The van der Waals surface area contributed by atoms with Crippen molar-refractivity contribution in [2.75, 3.05) is 0 Å². The predicted octanol–water partition coefficient (Wildman–Crippen LogP) is 3.12. The summed E-state index contributed by atoms with van der Waals surface area (Å²) in [6.07, 6.45) is 1.81. The number of hydrogen-bond donors (Lipinski definition) is 0. The monoisotopic (exact) mass is 241 g/mol. The van der Waals surface area contributed by atoms with Gasteiger partial charge in [0.1, 0.15) is 6.61 Å². The first-order chi connectivity index (χ1) is 8.66. The van der Waals surface area contributed by atoms with Gasteiger partial charge in [-0.15, -0.1) is 0 Å². The molecule has 0 atom stereocenters. The van der Waals surface area contributed by atoms with E-state index in [0.717, 1.165) is 22.4 Å². The number of benzene rings is 1. The van der Waals surface area contributed by atoms with Crippen molar-refractivity contribution in [3.8, 4) is 11.1 Å². The average molecular weight is 241 g/mol. The molecule has 0 saturated heterocycles. The van der Waals surface area contributed by atoms with Gasteiger partial charge in [0.15, 0.2) is 0 Å². The van der Waals surface area contributed by atoms with Crippen molar-refractivity contribution < 1.29 is 9.53 Å². The third kappa shape index (κ3) is 2.94. The summed E-state index contributed by atoms with van der Waals surface area (Å²) in [6, 6.07) is 12.1. The molecule has 1 heterocycles. The largest absolute Gasteiger partial charge is 0.459 e. The number of nitrogens with zero attached hydrogens (tertiary/aromatic N) is 1. The van der Waals surface area contributed by atoms with Crippen molar-refractivity contribution in [3.05, 3.63) is 53.9 Å². The van der Waals surface area contributed by atoms with Crippen molar-refractivity contribution >= 4 is 5.97 Å². The molecule has 0 amide bonds. The van der Waals surface area contributed by atoms with Gasteiger partial charge in [-0.3, -0.25) is 9.78 Å². The molecule has 0 aliphatic rings. The fourth-order valence-electron chi connectivity index (χ4n) is 1.75. The highest BCUT2D eigenvalue weighted by atomic mass is 16.5. The molecule has 0 N–H and O–H groups in total. The zero-order chi connectivity index (χ0) is 13.0. The van der Waals surface area contributed by atoms with Crippen molar-refractivity contribution in [2.45, 2.75) is 20.5 Å². The maximum atomic E-state index is 10.8. The number of esters is 1. The van der Waals surface area contributed by atoms with Gasteiger partial charge >= 0.3 is 5.97 Å². The molecule has 0 spiro atoms. The Bertz CT molecular complexity index is 550. The number of pyridine rings is 1. The average Bonchev–Trinajstić information content (AvgIpc) is 2.38. The van der Waals surface area contributed by atoms with E-state index < -0.39 is 0 Å². The number of rotatable bonds is 3. The van der Waals surface area contributed by atoms with Gasteiger partial charge in [-0.2, -0.15) is 0 Å². The lowest BCUT2D eigenvalue weighted by molar-refractivity contribution is -0.142. The van der Waals surface area contributed by atoms with Crippen LogP contribution in [0.1, 0.15) is 18.2 Å². The third-order valence-corrected chi connectivity index (χ3v) is 2.67. The standard InChI is InChI=1S/C15H15NO2/c1-11-9-16-14(10-18-12(2)17)8-15(11)13-6-4-3-5-7-13/h3-9H,10H2,1-2H3. The first-order valence-electron chi connectivity index (χ1n) is 5.81. The maximum absolute atomic E-state index is 10.8. The Balaban J connectivity index is 2.30. The van der Waals surface area contributed by atoms with Gasteiger partial charge in [0, 0.05) is 13.1 Å². The number of ether oxygens (including phenoxy) is 1. The maximum Gasteiger partial charge on any atom is 0.303 e. The van der Waals surface area contributed by atoms with E-state index in [4.69, 9.17) is 4.74 Å². The zero-order valence-corrected chi connectivity index (χ0v) is 10.5. The SMILES string of the molecule is CC(=O)OCc1cc(-c2ccccc2)c(C)cn1. The van der Waals surface area contributed by atoms with Crippen LogP contribution in [0.3, 0.4) is 0 Å². The normalized spacial score (nSPS) is 10.1. The van der Waals surface area contributed by atoms with Gasteiger partial charge < -0.3 is 4.74 Å². The second-order valence-electron chi connectivity index (χ2n) is 4.14. The third-order valence-electron chi connectivity index (χ3n) is 2.67. The van der Waals surface area contributed by atoms with Crippen LogP contribution in [0.5, 0.6) is 0 Å². The summed E-state index contributed by atoms with van der Waals surface area (Å²) in [7, 11) is 0. The lowest BCUT2D eigenvalue weighted by Crippen LogP contribution is -2.01. The summed E-state index contributed by atoms with van der Waals surface area (Å²) in [5, 5.41) is 0. The van der Waals surface area contributed by atoms with Crippen LogP contribution >= 0.6 is 0 Å². The highest BCUT2D eigenvalue weighted by Crippen LogP contribution is 2.23. The van der Waals surface area contributed by atoms with Crippen molar-refractivity contribution in [1.29, 1.82) is 0 Å². The first-order valence-corrected chi connectivity index (χ1v) is 5.81. The summed E-state index contributed by atoms with van der Waals surface area (Å²) in [5.41, 5.74) is 4.12. The fourth-order valence-corrected chi connectivity index (χ4v) is 1.75. The van der Waals surface area contributed by atoms with Crippen LogP contribution in [-0.4, -0.2) is 11.0 Å². The van der Waals surface area contributed by atoms with E-state index in [1.54, 1.807) is 6.20 Å². The lowest BCUT2D eigenvalue weighted by atomic mass is 10.0. The molecule has 3 nitrogen and oxygen atoms in total. The van der Waals surface area contributed by atoms with E-state index in [2.05, 4.69) is 17.1 Å². The Morgan fingerprint density at radius 1 is 1.28 bits per heavy atom. The van der Waals surface area contributed by atoms with E-state index in [-0.39, 0.29) is 12.6 Å². The minimum atomic E-state index is -0.293. The lowest BCUT2D eigenvalue weighted by Gasteiger charge is -2.08. The molecule has 18 heavy (non-hydrogen) atoms. The van der Waals surface area contributed by atoms with Gasteiger partial charge in [0.05, 0.1) is 5.69 Å². The van der Waals surface area contributed by atoms with Gasteiger partial charge in [-0.25, -0.2) is 0 Å². The Morgan fingerprint density at radius 3 is 2.67 bits per heavy atom. The van der Waals surface area contributed by atoms with Crippen LogP contribution in [0.2, 0.25) is 0 Å². The molecule has 0 saturated carbocycles. The van der Waals surface area contributed by atoms with Gasteiger partial charge in [0.25, 0.3) is 0 Å². The molecule has 0 fully saturated rings. The molecule has 3 heteroatoms. The summed E-state index contributed by atoms with van der Waals surface area (Å²) in [4.78, 5) is 15.0. The van der Waals surface area contributed by atoms with Gasteiger partial charge in [-0.1, -0.05) is 30.3 Å². The van der Waals surface area contributed by atoms with Gasteiger partial charge in [0.2, 0.25) is 0 Å². The molecule has 2 aromatic rings. The van der Waals surface area contributed by atoms with Crippen LogP contribution in [0, 0.1) is 6.92 Å². The quantitative estimate of drug-likeness (QED) is 0.775. The highest BCUT2D eigenvalue weighted by molar-refractivity contribution is 5.67. The minimum Gasteiger partial charge on any atom is -0.459 e. The Labute approximate surface area is 106 Å². The molecule has 0 aliphatic heterocycles. The first kappa shape index (κ1) is 12.3.